The molecule has 2 aliphatic rings. The predicted molar refractivity (Wildman–Crippen MR) is 174 cm³/mol. The number of aliphatic imine (C=N–C) groups is 1. The van der Waals surface area contributed by atoms with Gasteiger partial charge in [0.15, 0.2) is 5.76 Å². The number of para-hydroxylation sites is 1. The Balaban J connectivity index is 1.18. The molecule has 3 heterocycles. The molecule has 0 bridgehead atoms. The highest BCUT2D eigenvalue weighted by Crippen LogP contribution is 2.29. The van der Waals surface area contributed by atoms with Gasteiger partial charge in [-0.25, -0.2) is 0 Å². The molecule has 0 radical (unpaired) electrons. The highest BCUT2D eigenvalue weighted by molar-refractivity contribution is 7.81. The summed E-state index contributed by atoms with van der Waals surface area (Å²) in [4.78, 5) is 32.5. The van der Waals surface area contributed by atoms with Crippen LogP contribution in [0.25, 0.3) is 0 Å². The van der Waals surface area contributed by atoms with Gasteiger partial charge < -0.3 is 30.2 Å². The van der Waals surface area contributed by atoms with Crippen LogP contribution >= 0.6 is 12.2 Å². The maximum atomic E-state index is 13.2. The lowest BCUT2D eigenvalue weighted by Gasteiger charge is -2.29. The predicted octanol–water partition coefficient (Wildman–Crippen LogP) is 4.88. The molecule has 0 spiro atoms. The Labute approximate surface area is 261 Å². The molecule has 1 saturated heterocycles. The number of piperidine rings is 1. The third-order valence-corrected chi connectivity index (χ3v) is 8.11. The van der Waals surface area contributed by atoms with Crippen LogP contribution < -0.4 is 10.6 Å². The first kappa shape index (κ1) is 30.9. The van der Waals surface area contributed by atoms with Crippen molar-refractivity contribution in [2.45, 2.75) is 38.7 Å². The van der Waals surface area contributed by atoms with E-state index in [1.54, 1.807) is 55.6 Å². The summed E-state index contributed by atoms with van der Waals surface area (Å²) in [5.74, 6) is 5.00. The fraction of sp³-hybridized carbons (Fsp3) is 0.294. The van der Waals surface area contributed by atoms with Gasteiger partial charge in [-0.3, -0.25) is 14.6 Å². The summed E-state index contributed by atoms with van der Waals surface area (Å²) in [6, 6.07) is 14.1. The molecule has 4 N–H and O–H groups in total. The zero-order valence-electron chi connectivity index (χ0n) is 24.4. The van der Waals surface area contributed by atoms with Crippen molar-refractivity contribution in [2.24, 2.45) is 10.9 Å². The molecule has 1 atom stereocenters. The summed E-state index contributed by atoms with van der Waals surface area (Å²) in [6.07, 6.45) is 7.34. The number of nitrogens with one attached hydrogen (secondary N) is 2. The van der Waals surface area contributed by atoms with E-state index in [2.05, 4.69) is 32.4 Å². The number of anilines is 2. The zero-order chi connectivity index (χ0) is 31.1. The Morgan fingerprint density at radius 3 is 2.68 bits per heavy atom. The number of nitrogens with zero attached hydrogens (tertiary/aromatic N) is 2. The molecule has 2 aromatic carbocycles. The van der Waals surface area contributed by atoms with Crippen LogP contribution in [0.15, 0.2) is 76.0 Å². The van der Waals surface area contributed by atoms with Crippen LogP contribution in [0.2, 0.25) is 0 Å². The van der Waals surface area contributed by atoms with E-state index in [0.717, 1.165) is 50.0 Å². The minimum absolute atomic E-state index is 0.0336. The van der Waals surface area contributed by atoms with Crippen LogP contribution in [-0.2, 0) is 11.2 Å². The minimum Gasteiger partial charge on any atom is -0.505 e. The number of aliphatic hydroxyl groups excluding tert-OH is 1. The van der Waals surface area contributed by atoms with E-state index in [-0.39, 0.29) is 29.1 Å². The standard InChI is InChI=1S/C34H34N4O5S/c1-22-14-18-43-31(22)34(42)36-26-8-2-5-23(19-26)10-11-25-20-35-21-28(32(25)44)33(41)37-29-9-3-6-24(30(29)40)7-4-15-38-16-12-27(39)13-17-38/h2-3,5-6,8-9,14,18-21,25,27,39-40H,4,7,12-13,15-17H2,1H3,(H,36,42)(H,37,41)/t25-/m0/s1. The lowest BCUT2D eigenvalue weighted by Crippen LogP contribution is -2.36. The summed E-state index contributed by atoms with van der Waals surface area (Å²) >= 11 is 5.61. The number of carbonyl (C=O) groups excluding carboxylic acids is 2. The Bertz CT molecular complexity index is 1670. The third kappa shape index (κ3) is 7.68. The van der Waals surface area contributed by atoms with Crippen molar-refractivity contribution in [3.05, 3.63) is 89.0 Å². The Morgan fingerprint density at radius 2 is 1.91 bits per heavy atom. The molecular weight excluding hydrogens is 576 g/mol. The average Bonchev–Trinajstić information content (AvgIpc) is 3.45. The summed E-state index contributed by atoms with van der Waals surface area (Å²) in [6.45, 7) is 4.43. The highest BCUT2D eigenvalue weighted by Gasteiger charge is 2.24. The lowest BCUT2D eigenvalue weighted by molar-refractivity contribution is -0.112. The van der Waals surface area contributed by atoms with Crippen molar-refractivity contribution < 1.29 is 24.2 Å². The number of aliphatic hydroxyl groups is 1. The molecule has 2 aliphatic heterocycles. The van der Waals surface area contributed by atoms with E-state index in [9.17, 15) is 19.8 Å². The number of aryl methyl sites for hydroxylation is 2. The summed E-state index contributed by atoms with van der Waals surface area (Å²) in [5, 5.41) is 26.2. The Morgan fingerprint density at radius 1 is 1.11 bits per heavy atom. The van der Waals surface area contributed by atoms with Gasteiger partial charge in [-0.05, 0) is 75.0 Å². The molecule has 1 aromatic heterocycles. The molecule has 1 fully saturated rings. The maximum Gasteiger partial charge on any atom is 0.291 e. The second-order valence-electron chi connectivity index (χ2n) is 10.9. The van der Waals surface area contributed by atoms with E-state index in [1.165, 1.54) is 12.5 Å². The number of benzene rings is 2. The molecule has 0 aliphatic carbocycles. The van der Waals surface area contributed by atoms with Crippen molar-refractivity contribution in [3.8, 4) is 17.6 Å². The van der Waals surface area contributed by atoms with Crippen molar-refractivity contribution in [1.82, 2.24) is 4.90 Å². The molecule has 44 heavy (non-hydrogen) atoms. The highest BCUT2D eigenvalue weighted by atomic mass is 32.1. The van der Waals surface area contributed by atoms with E-state index < -0.39 is 11.8 Å². The molecule has 0 saturated carbocycles. The molecule has 5 rings (SSSR count). The Hall–Kier alpha value is -4.56. The van der Waals surface area contributed by atoms with Crippen LogP contribution in [0, 0.1) is 24.7 Å². The van der Waals surface area contributed by atoms with Crippen molar-refractivity contribution in [2.75, 3.05) is 30.3 Å². The van der Waals surface area contributed by atoms with E-state index in [4.69, 9.17) is 16.6 Å². The van der Waals surface area contributed by atoms with Crippen LogP contribution in [0.1, 0.15) is 46.5 Å². The van der Waals surface area contributed by atoms with Crippen LogP contribution in [-0.4, -0.2) is 63.7 Å². The summed E-state index contributed by atoms with van der Waals surface area (Å²) in [7, 11) is 0. The number of likely N-dealkylation sites (tertiary alicyclic amines) is 1. The van der Waals surface area contributed by atoms with Crippen molar-refractivity contribution in [1.29, 1.82) is 0 Å². The number of thiocarbonyl (C=S) groups is 1. The molecule has 9 nitrogen and oxygen atoms in total. The largest absolute Gasteiger partial charge is 0.505 e. The SMILES string of the molecule is Cc1ccoc1C(=O)Nc1cccc(C#C[C@H]2C=NC=C(C(=O)Nc3cccc(CCCN4CCC(O)CC4)c3O)C2=S)c1. The number of amides is 2. The molecule has 10 heteroatoms. The van der Waals surface area contributed by atoms with Gasteiger partial charge in [-0.1, -0.05) is 42.3 Å². The number of rotatable bonds is 8. The third-order valence-electron chi connectivity index (χ3n) is 7.64. The van der Waals surface area contributed by atoms with Crippen LogP contribution in [0.3, 0.4) is 0 Å². The number of aromatic hydroxyl groups is 1. The van der Waals surface area contributed by atoms with Gasteiger partial charge in [0.1, 0.15) is 5.75 Å². The monoisotopic (exact) mass is 610 g/mol. The molecule has 2 amide bonds. The van der Waals surface area contributed by atoms with Gasteiger partial charge >= 0.3 is 0 Å². The summed E-state index contributed by atoms with van der Waals surface area (Å²) < 4.78 is 5.26. The van der Waals surface area contributed by atoms with Crippen LogP contribution in [0.5, 0.6) is 5.75 Å². The molecule has 0 unspecified atom stereocenters. The zero-order valence-corrected chi connectivity index (χ0v) is 25.2. The van der Waals surface area contributed by atoms with E-state index >= 15 is 0 Å². The number of hydrogen-bond acceptors (Lipinski definition) is 8. The fourth-order valence-corrected chi connectivity index (χ4v) is 5.39. The summed E-state index contributed by atoms with van der Waals surface area (Å²) in [5.41, 5.74) is 3.21. The maximum absolute atomic E-state index is 13.2. The second kappa shape index (κ2) is 14.3. The topological polar surface area (TPSA) is 127 Å². The van der Waals surface area contributed by atoms with Gasteiger partial charge in [0.25, 0.3) is 11.8 Å². The van der Waals surface area contributed by atoms with Crippen molar-refractivity contribution >= 4 is 46.5 Å². The first-order valence-electron chi connectivity index (χ1n) is 14.6. The normalized spacial score (nSPS) is 17.0. The van der Waals surface area contributed by atoms with Gasteiger partial charge in [-0.2, -0.15) is 0 Å². The van der Waals surface area contributed by atoms with E-state index in [1.807, 2.05) is 6.07 Å². The quantitative estimate of drug-likeness (QED) is 0.163. The Kier molecular flexibility index (Phi) is 10.0. The minimum atomic E-state index is -0.574. The molecule has 226 valence electrons. The van der Waals surface area contributed by atoms with Gasteiger partial charge in [0.05, 0.1) is 29.5 Å². The van der Waals surface area contributed by atoms with Crippen molar-refractivity contribution in [3.63, 3.8) is 0 Å². The van der Waals surface area contributed by atoms with E-state index in [0.29, 0.717) is 28.2 Å². The van der Waals surface area contributed by atoms with Gasteiger partial charge in [0, 0.05) is 47.2 Å². The lowest BCUT2D eigenvalue weighted by atomic mass is 9.97. The smallest absolute Gasteiger partial charge is 0.291 e. The second-order valence-corrected chi connectivity index (χ2v) is 11.3. The molecular formula is C34H34N4O5S. The molecule has 3 aromatic rings. The van der Waals surface area contributed by atoms with Gasteiger partial charge in [-0.15, -0.1) is 0 Å². The number of furan rings is 1. The van der Waals surface area contributed by atoms with Gasteiger partial charge in [0.2, 0.25) is 0 Å². The first-order chi connectivity index (χ1) is 21.3. The first-order valence-corrected chi connectivity index (χ1v) is 15.0. The number of carbonyl (C=O) groups is 2. The number of phenols is 1. The number of hydrogen-bond donors (Lipinski definition) is 4. The van der Waals surface area contributed by atoms with Crippen LogP contribution in [0.4, 0.5) is 11.4 Å². The number of phenolic OH excluding ortho intramolecular Hbond substituents is 1. The average molecular weight is 611 g/mol. The fourth-order valence-electron chi connectivity index (χ4n) is 5.12.